The molecule has 0 radical (unpaired) electrons. The van der Waals surface area contributed by atoms with Gasteiger partial charge in [-0.2, -0.15) is 0 Å². The Morgan fingerprint density at radius 1 is 1.23 bits per heavy atom. The molecule has 26 heavy (non-hydrogen) atoms. The van der Waals surface area contributed by atoms with Gasteiger partial charge in [-0.05, 0) is 53.7 Å². The molecule has 0 unspecified atom stereocenters. The van der Waals surface area contributed by atoms with Crippen LogP contribution in [0.1, 0.15) is 5.56 Å². The minimum Gasteiger partial charge on any atom is -0.497 e. The lowest BCUT2D eigenvalue weighted by Gasteiger charge is -2.12. The van der Waals surface area contributed by atoms with Crippen molar-refractivity contribution in [1.82, 2.24) is 9.47 Å². The van der Waals surface area contributed by atoms with E-state index in [-0.39, 0.29) is 6.54 Å². The second kappa shape index (κ2) is 7.49. The molecule has 7 nitrogen and oxygen atoms in total. The van der Waals surface area contributed by atoms with Crippen molar-refractivity contribution in [1.29, 1.82) is 0 Å². The number of carbonyl (C=O) groups is 3. The highest BCUT2D eigenvalue weighted by Gasteiger charge is 2.36. The molecular weight excluding hydrogens is 354 g/mol. The summed E-state index contributed by atoms with van der Waals surface area (Å²) in [6, 6.07) is 8.61. The molecular formula is C18H17N3O4S. The van der Waals surface area contributed by atoms with Crippen LogP contribution in [0.2, 0.25) is 0 Å². The second-order valence-electron chi connectivity index (χ2n) is 5.65. The summed E-state index contributed by atoms with van der Waals surface area (Å²) in [5, 5.41) is 2.20. The average molecular weight is 371 g/mol. The minimum atomic E-state index is -0.464. The number of imide groups is 1. The molecule has 0 aliphatic carbocycles. The zero-order valence-corrected chi connectivity index (χ0v) is 15.1. The monoisotopic (exact) mass is 371 g/mol. The van der Waals surface area contributed by atoms with Crippen molar-refractivity contribution >= 4 is 40.6 Å². The Kier molecular flexibility index (Phi) is 5.13. The number of nitrogens with one attached hydrogen (secondary N) is 1. The zero-order valence-electron chi connectivity index (χ0n) is 14.3. The molecule has 1 aliphatic rings. The summed E-state index contributed by atoms with van der Waals surface area (Å²) < 4.78 is 6.90. The van der Waals surface area contributed by atoms with E-state index in [2.05, 4.69) is 5.32 Å². The minimum absolute atomic E-state index is 0.304. The van der Waals surface area contributed by atoms with E-state index in [4.69, 9.17) is 4.74 Å². The van der Waals surface area contributed by atoms with Gasteiger partial charge in [-0.1, -0.05) is 0 Å². The number of hydrogen-bond acceptors (Lipinski definition) is 5. The number of carbonyl (C=O) groups excluding carboxylic acids is 3. The van der Waals surface area contributed by atoms with Gasteiger partial charge in [-0.25, -0.2) is 0 Å². The van der Waals surface area contributed by atoms with Gasteiger partial charge in [-0.15, -0.1) is 0 Å². The summed E-state index contributed by atoms with van der Waals surface area (Å²) in [5.74, 6) is -0.243. The fourth-order valence-corrected chi connectivity index (χ4v) is 3.25. The molecule has 0 saturated carbocycles. The molecule has 2 heterocycles. The van der Waals surface area contributed by atoms with E-state index in [9.17, 15) is 14.4 Å². The fourth-order valence-electron chi connectivity index (χ4n) is 2.42. The van der Waals surface area contributed by atoms with E-state index in [1.807, 2.05) is 30.1 Å². The molecule has 0 atom stereocenters. The molecule has 3 amide bonds. The maximum atomic E-state index is 12.4. The van der Waals surface area contributed by atoms with Crippen molar-refractivity contribution in [2.45, 2.75) is 0 Å². The van der Waals surface area contributed by atoms with Gasteiger partial charge < -0.3 is 14.6 Å². The van der Waals surface area contributed by atoms with Crippen LogP contribution in [-0.4, -0.2) is 40.2 Å². The molecule has 1 aliphatic heterocycles. The van der Waals surface area contributed by atoms with E-state index in [0.717, 1.165) is 22.2 Å². The van der Waals surface area contributed by atoms with E-state index in [1.54, 1.807) is 37.5 Å². The van der Waals surface area contributed by atoms with Crippen molar-refractivity contribution in [2.75, 3.05) is 19.0 Å². The topological polar surface area (TPSA) is 80.6 Å². The fraction of sp³-hybridized carbons (Fsp3) is 0.167. The Morgan fingerprint density at radius 3 is 2.58 bits per heavy atom. The number of methoxy groups -OCH3 is 1. The highest BCUT2D eigenvalue weighted by atomic mass is 32.2. The maximum absolute atomic E-state index is 12.4. The molecule has 134 valence electrons. The standard InChI is InChI=1S/C18H17N3O4S/c1-20-8-7-12(10-20)9-15-17(23)21(18(24)26-15)11-16(22)19-13-3-5-14(25-2)6-4-13/h3-10H,11H2,1-2H3,(H,19,22)/b15-9+. The largest absolute Gasteiger partial charge is 0.497 e. The van der Waals surface area contributed by atoms with Crippen molar-refractivity contribution in [2.24, 2.45) is 7.05 Å². The number of nitrogens with zero attached hydrogens (tertiary/aromatic N) is 2. The molecule has 1 aromatic heterocycles. The second-order valence-corrected chi connectivity index (χ2v) is 6.65. The van der Waals surface area contributed by atoms with Crippen LogP contribution in [0.4, 0.5) is 10.5 Å². The molecule has 0 bridgehead atoms. The van der Waals surface area contributed by atoms with Crippen molar-refractivity contribution < 1.29 is 19.1 Å². The number of aryl methyl sites for hydroxylation is 1. The van der Waals surface area contributed by atoms with Gasteiger partial charge in [0.2, 0.25) is 5.91 Å². The number of aromatic nitrogens is 1. The number of benzene rings is 1. The SMILES string of the molecule is COc1ccc(NC(=O)CN2C(=O)S/C(=C/c3ccn(C)c3)C2=O)cc1. The Morgan fingerprint density at radius 2 is 1.96 bits per heavy atom. The highest BCUT2D eigenvalue weighted by Crippen LogP contribution is 2.32. The first-order chi connectivity index (χ1) is 12.5. The van der Waals surface area contributed by atoms with Gasteiger partial charge >= 0.3 is 0 Å². The quantitative estimate of drug-likeness (QED) is 0.818. The first-order valence-electron chi connectivity index (χ1n) is 7.77. The van der Waals surface area contributed by atoms with Crippen LogP contribution in [0.3, 0.4) is 0 Å². The maximum Gasteiger partial charge on any atom is 0.294 e. The summed E-state index contributed by atoms with van der Waals surface area (Å²) in [6.07, 6.45) is 5.33. The molecule has 0 spiro atoms. The predicted octanol–water partition coefficient (Wildman–Crippen LogP) is 2.71. The Bertz CT molecular complexity index is 886. The summed E-state index contributed by atoms with van der Waals surface area (Å²) in [7, 11) is 3.42. The lowest BCUT2D eigenvalue weighted by atomic mass is 10.3. The molecule has 1 fully saturated rings. The highest BCUT2D eigenvalue weighted by molar-refractivity contribution is 8.18. The van der Waals surface area contributed by atoms with Gasteiger partial charge in [0.15, 0.2) is 0 Å². The van der Waals surface area contributed by atoms with Gasteiger partial charge in [0, 0.05) is 25.1 Å². The smallest absolute Gasteiger partial charge is 0.294 e. The first-order valence-corrected chi connectivity index (χ1v) is 8.59. The number of thioether (sulfide) groups is 1. The lowest BCUT2D eigenvalue weighted by Crippen LogP contribution is -2.36. The van der Waals surface area contributed by atoms with E-state index < -0.39 is 17.1 Å². The van der Waals surface area contributed by atoms with Crippen molar-refractivity contribution in [3.05, 3.63) is 53.2 Å². The van der Waals surface area contributed by atoms with Crippen LogP contribution >= 0.6 is 11.8 Å². The number of hydrogen-bond donors (Lipinski definition) is 1. The summed E-state index contributed by atoms with van der Waals surface area (Å²) >= 11 is 0.832. The van der Waals surface area contributed by atoms with Gasteiger partial charge in [0.1, 0.15) is 12.3 Å². The summed E-state index contributed by atoms with van der Waals surface area (Å²) in [4.78, 5) is 37.9. The third-order valence-corrected chi connectivity index (χ3v) is 4.61. The van der Waals surface area contributed by atoms with E-state index in [0.29, 0.717) is 16.3 Å². The number of rotatable bonds is 5. The third-order valence-electron chi connectivity index (χ3n) is 3.70. The van der Waals surface area contributed by atoms with Crippen LogP contribution in [-0.2, 0) is 16.6 Å². The Balaban J connectivity index is 1.65. The van der Waals surface area contributed by atoms with Crippen LogP contribution in [0.25, 0.3) is 6.08 Å². The Labute approximate surface area is 154 Å². The molecule has 1 saturated heterocycles. The van der Waals surface area contributed by atoms with Crippen molar-refractivity contribution in [3.8, 4) is 5.75 Å². The van der Waals surface area contributed by atoms with Crippen LogP contribution in [0.15, 0.2) is 47.6 Å². The van der Waals surface area contributed by atoms with E-state index in [1.165, 1.54) is 0 Å². The van der Waals surface area contributed by atoms with Crippen LogP contribution < -0.4 is 10.1 Å². The van der Waals surface area contributed by atoms with Gasteiger partial charge in [-0.3, -0.25) is 19.3 Å². The Hall–Kier alpha value is -3.00. The zero-order chi connectivity index (χ0) is 18.7. The van der Waals surface area contributed by atoms with Crippen LogP contribution in [0, 0.1) is 0 Å². The van der Waals surface area contributed by atoms with E-state index >= 15 is 0 Å². The summed E-state index contributed by atoms with van der Waals surface area (Å²) in [5.41, 5.74) is 1.38. The first kappa shape index (κ1) is 17.8. The molecule has 1 N–H and O–H groups in total. The molecule has 3 rings (SSSR count). The summed E-state index contributed by atoms with van der Waals surface area (Å²) in [6.45, 7) is -0.331. The third kappa shape index (κ3) is 3.97. The number of ether oxygens (including phenoxy) is 1. The van der Waals surface area contributed by atoms with Gasteiger partial charge in [0.25, 0.3) is 11.1 Å². The predicted molar refractivity (Wildman–Crippen MR) is 99.7 cm³/mol. The van der Waals surface area contributed by atoms with Crippen LogP contribution in [0.5, 0.6) is 5.75 Å². The number of anilines is 1. The normalized spacial score (nSPS) is 15.6. The molecule has 1 aromatic carbocycles. The number of amides is 3. The molecule has 2 aromatic rings. The van der Waals surface area contributed by atoms with Gasteiger partial charge in [0.05, 0.1) is 12.0 Å². The molecule has 8 heteroatoms. The average Bonchev–Trinajstić information content (AvgIpc) is 3.14. The lowest BCUT2D eigenvalue weighted by molar-refractivity contribution is -0.127. The van der Waals surface area contributed by atoms with Crippen molar-refractivity contribution in [3.63, 3.8) is 0 Å².